The molecule has 3 rings (SSSR count). The van der Waals surface area contributed by atoms with E-state index in [1.165, 1.54) is 12.5 Å². The van der Waals surface area contributed by atoms with Crippen molar-refractivity contribution >= 4 is 28.8 Å². The first-order valence-corrected chi connectivity index (χ1v) is 9.60. The van der Waals surface area contributed by atoms with Gasteiger partial charge in [0.2, 0.25) is 0 Å². The molecule has 29 heavy (non-hydrogen) atoms. The predicted octanol–water partition coefficient (Wildman–Crippen LogP) is 5.71. The number of amides is 1. The Balaban J connectivity index is 1.72. The fourth-order valence-electron chi connectivity index (χ4n) is 3.07. The zero-order valence-corrected chi connectivity index (χ0v) is 17.1. The van der Waals surface area contributed by atoms with Crippen molar-refractivity contribution < 1.29 is 9.59 Å². The van der Waals surface area contributed by atoms with Crippen LogP contribution in [0.3, 0.4) is 0 Å². The maximum Gasteiger partial charge on any atom is 0.274 e. The summed E-state index contributed by atoms with van der Waals surface area (Å²) in [6.45, 7) is 7.90. The van der Waals surface area contributed by atoms with Crippen LogP contribution in [0.4, 0.5) is 17.1 Å². The summed E-state index contributed by atoms with van der Waals surface area (Å²) in [4.78, 5) is 28.1. The van der Waals surface area contributed by atoms with E-state index in [-0.39, 0.29) is 11.7 Å². The standard InChI is InChI=1S/C24H25N3O2/c1-15(2)21-7-5-6-16(3)23(21)26-20-12-13-22(25-14-20)24(29)27-19-10-8-18(9-11-19)17(4)28/h5-15,26H,1-4H3,(H,27,29). The number of hydrogen-bond acceptors (Lipinski definition) is 4. The number of hydrogen-bond donors (Lipinski definition) is 2. The SMILES string of the molecule is CC(=O)c1ccc(NC(=O)c2ccc(Nc3c(C)cccc3C(C)C)cn2)cc1. The van der Waals surface area contributed by atoms with Gasteiger partial charge in [-0.05, 0) is 67.3 Å². The second-order valence-corrected chi connectivity index (χ2v) is 7.34. The third kappa shape index (κ3) is 4.88. The van der Waals surface area contributed by atoms with Crippen LogP contribution in [-0.4, -0.2) is 16.7 Å². The molecule has 0 saturated carbocycles. The summed E-state index contributed by atoms with van der Waals surface area (Å²) >= 11 is 0. The van der Waals surface area contributed by atoms with Crippen molar-refractivity contribution in [2.75, 3.05) is 10.6 Å². The molecule has 2 N–H and O–H groups in total. The maximum absolute atomic E-state index is 12.4. The van der Waals surface area contributed by atoms with Crippen molar-refractivity contribution in [3.63, 3.8) is 0 Å². The summed E-state index contributed by atoms with van der Waals surface area (Å²) in [7, 11) is 0. The van der Waals surface area contributed by atoms with Crippen LogP contribution in [0.2, 0.25) is 0 Å². The normalized spacial score (nSPS) is 10.7. The van der Waals surface area contributed by atoms with Crippen molar-refractivity contribution in [2.24, 2.45) is 0 Å². The zero-order valence-electron chi connectivity index (χ0n) is 17.1. The van der Waals surface area contributed by atoms with E-state index in [9.17, 15) is 9.59 Å². The third-order valence-electron chi connectivity index (χ3n) is 4.74. The smallest absolute Gasteiger partial charge is 0.274 e. The topological polar surface area (TPSA) is 71.1 Å². The summed E-state index contributed by atoms with van der Waals surface area (Å²) in [5.74, 6) is 0.0811. The van der Waals surface area contributed by atoms with Gasteiger partial charge in [0.1, 0.15) is 5.69 Å². The number of nitrogens with one attached hydrogen (secondary N) is 2. The molecular formula is C24H25N3O2. The molecule has 5 nitrogen and oxygen atoms in total. The fourth-order valence-corrected chi connectivity index (χ4v) is 3.07. The average molecular weight is 387 g/mol. The number of nitrogens with zero attached hydrogens (tertiary/aromatic N) is 1. The van der Waals surface area contributed by atoms with Gasteiger partial charge >= 0.3 is 0 Å². The van der Waals surface area contributed by atoms with Gasteiger partial charge in [-0.2, -0.15) is 0 Å². The molecule has 0 unspecified atom stereocenters. The second kappa shape index (κ2) is 8.69. The highest BCUT2D eigenvalue weighted by atomic mass is 16.2. The van der Waals surface area contributed by atoms with E-state index in [1.54, 1.807) is 36.5 Å². The molecule has 0 saturated heterocycles. The molecule has 1 heterocycles. The molecule has 1 aromatic heterocycles. The molecule has 0 radical (unpaired) electrons. The molecule has 0 aliphatic rings. The lowest BCUT2D eigenvalue weighted by Crippen LogP contribution is -2.13. The Morgan fingerprint density at radius 2 is 1.62 bits per heavy atom. The Kier molecular flexibility index (Phi) is 6.07. The van der Waals surface area contributed by atoms with Crippen LogP contribution in [0.15, 0.2) is 60.8 Å². The Bertz CT molecular complexity index is 1020. The van der Waals surface area contributed by atoms with Gasteiger partial charge in [-0.15, -0.1) is 0 Å². The number of carbonyl (C=O) groups is 2. The first-order valence-electron chi connectivity index (χ1n) is 9.60. The molecule has 0 spiro atoms. The Morgan fingerprint density at radius 1 is 0.931 bits per heavy atom. The maximum atomic E-state index is 12.4. The van der Waals surface area contributed by atoms with Crippen molar-refractivity contribution in [2.45, 2.75) is 33.6 Å². The summed E-state index contributed by atoms with van der Waals surface area (Å²) in [5, 5.41) is 6.22. The minimum atomic E-state index is -0.300. The Labute approximate surface area is 171 Å². The second-order valence-electron chi connectivity index (χ2n) is 7.34. The van der Waals surface area contributed by atoms with Gasteiger partial charge in [0.15, 0.2) is 5.78 Å². The molecule has 0 aliphatic heterocycles. The minimum Gasteiger partial charge on any atom is -0.354 e. The highest BCUT2D eigenvalue weighted by Crippen LogP contribution is 2.30. The average Bonchev–Trinajstić information content (AvgIpc) is 2.70. The van der Waals surface area contributed by atoms with E-state index in [4.69, 9.17) is 0 Å². The van der Waals surface area contributed by atoms with Gasteiger partial charge in [0.25, 0.3) is 5.91 Å². The van der Waals surface area contributed by atoms with Crippen LogP contribution in [0.5, 0.6) is 0 Å². The molecule has 0 fully saturated rings. The summed E-state index contributed by atoms with van der Waals surface area (Å²) in [6, 6.07) is 16.6. The van der Waals surface area contributed by atoms with Crippen LogP contribution in [-0.2, 0) is 0 Å². The highest BCUT2D eigenvalue weighted by Gasteiger charge is 2.11. The molecule has 5 heteroatoms. The number of anilines is 3. The number of benzene rings is 2. The van der Waals surface area contributed by atoms with Gasteiger partial charge in [-0.25, -0.2) is 4.98 Å². The highest BCUT2D eigenvalue weighted by molar-refractivity contribution is 6.03. The monoisotopic (exact) mass is 387 g/mol. The molecule has 0 aliphatic carbocycles. The van der Waals surface area contributed by atoms with Crippen molar-refractivity contribution in [1.82, 2.24) is 4.98 Å². The first kappa shape index (κ1) is 20.3. The van der Waals surface area contributed by atoms with Crippen LogP contribution in [0.25, 0.3) is 0 Å². The fraction of sp³-hybridized carbons (Fsp3) is 0.208. The number of ketones is 1. The molecule has 148 valence electrons. The van der Waals surface area contributed by atoms with Crippen molar-refractivity contribution in [1.29, 1.82) is 0 Å². The van der Waals surface area contributed by atoms with Gasteiger partial charge in [0, 0.05) is 16.9 Å². The van der Waals surface area contributed by atoms with E-state index >= 15 is 0 Å². The number of aromatic nitrogens is 1. The molecule has 3 aromatic rings. The molecule has 1 amide bonds. The van der Waals surface area contributed by atoms with Gasteiger partial charge in [-0.3, -0.25) is 9.59 Å². The number of aryl methyl sites for hydroxylation is 1. The first-order chi connectivity index (χ1) is 13.8. The molecule has 0 atom stereocenters. The van der Waals surface area contributed by atoms with Gasteiger partial charge in [0.05, 0.1) is 11.9 Å². The number of Topliss-reactive ketones (excluding diaryl/α,β-unsaturated/α-hetero) is 1. The van der Waals surface area contributed by atoms with E-state index in [0.29, 0.717) is 22.9 Å². The predicted molar refractivity (Wildman–Crippen MR) is 117 cm³/mol. The molecule has 2 aromatic carbocycles. The lowest BCUT2D eigenvalue weighted by atomic mass is 9.98. The Hall–Kier alpha value is -3.47. The summed E-state index contributed by atoms with van der Waals surface area (Å²) in [6.07, 6.45) is 1.66. The molecular weight excluding hydrogens is 362 g/mol. The number of para-hydroxylation sites is 1. The number of rotatable bonds is 6. The van der Waals surface area contributed by atoms with Gasteiger partial charge in [-0.1, -0.05) is 32.0 Å². The largest absolute Gasteiger partial charge is 0.354 e. The van der Waals surface area contributed by atoms with Crippen molar-refractivity contribution in [3.05, 3.63) is 83.2 Å². The quantitative estimate of drug-likeness (QED) is 0.531. The Morgan fingerprint density at radius 3 is 2.21 bits per heavy atom. The van der Waals surface area contributed by atoms with Crippen molar-refractivity contribution in [3.8, 4) is 0 Å². The van der Waals surface area contributed by atoms with E-state index in [1.807, 2.05) is 6.07 Å². The van der Waals surface area contributed by atoms with Crippen LogP contribution in [0, 0.1) is 6.92 Å². The lowest BCUT2D eigenvalue weighted by molar-refractivity contribution is 0.101. The van der Waals surface area contributed by atoms with Crippen LogP contribution < -0.4 is 10.6 Å². The number of carbonyl (C=O) groups excluding carboxylic acids is 2. The summed E-state index contributed by atoms with van der Waals surface area (Å²) < 4.78 is 0. The van der Waals surface area contributed by atoms with E-state index < -0.39 is 0 Å². The van der Waals surface area contributed by atoms with E-state index in [0.717, 1.165) is 16.9 Å². The molecule has 0 bridgehead atoms. The third-order valence-corrected chi connectivity index (χ3v) is 4.74. The lowest BCUT2D eigenvalue weighted by Gasteiger charge is -2.17. The van der Waals surface area contributed by atoms with Crippen LogP contribution in [0.1, 0.15) is 58.7 Å². The minimum absolute atomic E-state index is 0.0121. The zero-order chi connectivity index (χ0) is 21.0. The summed E-state index contributed by atoms with van der Waals surface area (Å²) in [5.41, 5.74) is 5.84. The number of pyridine rings is 1. The van der Waals surface area contributed by atoms with E-state index in [2.05, 4.69) is 54.6 Å². The van der Waals surface area contributed by atoms with Crippen LogP contribution >= 0.6 is 0 Å². The van der Waals surface area contributed by atoms with Gasteiger partial charge < -0.3 is 10.6 Å².